The molecule has 3 aliphatic rings. The molecule has 1 aromatic rings. The van der Waals surface area contributed by atoms with Crippen LogP contribution in [0.25, 0.3) is 0 Å². The minimum Gasteiger partial charge on any atom is -0.492 e. The highest BCUT2D eigenvalue weighted by atomic mass is 16.5. The summed E-state index contributed by atoms with van der Waals surface area (Å²) in [4.78, 5) is 31.9. The van der Waals surface area contributed by atoms with Crippen molar-refractivity contribution in [3.8, 4) is 5.75 Å². The highest BCUT2D eigenvalue weighted by Gasteiger charge is 2.40. The Morgan fingerprint density at radius 1 is 1.18 bits per heavy atom. The number of nitrogens with one attached hydrogen (secondary N) is 1. The van der Waals surface area contributed by atoms with Gasteiger partial charge in [0.05, 0.1) is 18.2 Å². The second kappa shape index (κ2) is 8.49. The van der Waals surface area contributed by atoms with Gasteiger partial charge in [0.15, 0.2) is 0 Å². The van der Waals surface area contributed by atoms with Gasteiger partial charge in [0.1, 0.15) is 5.75 Å². The first-order valence-electron chi connectivity index (χ1n) is 10.4. The summed E-state index contributed by atoms with van der Waals surface area (Å²) in [7, 11) is 0. The highest BCUT2D eigenvalue weighted by Crippen LogP contribution is 2.34. The second-order valence-corrected chi connectivity index (χ2v) is 7.82. The van der Waals surface area contributed by atoms with E-state index in [1.807, 2.05) is 36.1 Å². The number of rotatable bonds is 5. The summed E-state index contributed by atoms with van der Waals surface area (Å²) in [6.45, 7) is 8.65. The lowest BCUT2D eigenvalue weighted by atomic mass is 10.1. The molecule has 2 atom stereocenters. The van der Waals surface area contributed by atoms with Crippen LogP contribution in [0.1, 0.15) is 19.8 Å². The third kappa shape index (κ3) is 3.86. The predicted molar refractivity (Wildman–Crippen MR) is 107 cm³/mol. The van der Waals surface area contributed by atoms with Crippen LogP contribution in [0.15, 0.2) is 24.3 Å². The molecule has 3 saturated heterocycles. The zero-order chi connectivity index (χ0) is 19.5. The van der Waals surface area contributed by atoms with Crippen molar-refractivity contribution in [2.24, 2.45) is 5.92 Å². The smallest absolute Gasteiger partial charge is 0.228 e. The molecule has 0 radical (unpaired) electrons. The maximum Gasteiger partial charge on any atom is 0.228 e. The van der Waals surface area contributed by atoms with E-state index < -0.39 is 0 Å². The molecule has 4 rings (SSSR count). The highest BCUT2D eigenvalue weighted by molar-refractivity contribution is 6.01. The summed E-state index contributed by atoms with van der Waals surface area (Å²) in [5.41, 5.74) is 0.768. The van der Waals surface area contributed by atoms with Crippen molar-refractivity contribution in [3.05, 3.63) is 24.3 Å². The zero-order valence-electron chi connectivity index (χ0n) is 16.6. The summed E-state index contributed by atoms with van der Waals surface area (Å²) >= 11 is 0. The van der Waals surface area contributed by atoms with E-state index in [2.05, 4.69) is 10.2 Å². The minimum atomic E-state index is -0.260. The number of piperazine rings is 1. The fourth-order valence-corrected chi connectivity index (χ4v) is 4.61. The molecular weight excluding hydrogens is 356 g/mol. The zero-order valence-corrected chi connectivity index (χ0v) is 16.6. The van der Waals surface area contributed by atoms with Crippen LogP contribution < -0.4 is 15.0 Å². The van der Waals surface area contributed by atoms with Gasteiger partial charge in [0.25, 0.3) is 0 Å². The monoisotopic (exact) mass is 386 g/mol. The molecular formula is C21H30N4O3. The third-order valence-corrected chi connectivity index (χ3v) is 6.07. The predicted octanol–water partition coefficient (Wildman–Crippen LogP) is 0.944. The van der Waals surface area contributed by atoms with Crippen molar-refractivity contribution in [2.75, 3.05) is 57.3 Å². The Hall–Kier alpha value is -2.12. The Labute approximate surface area is 166 Å². The summed E-state index contributed by atoms with van der Waals surface area (Å²) in [5.74, 6) is 0.570. The number of anilines is 1. The minimum absolute atomic E-state index is 0.00311. The van der Waals surface area contributed by atoms with Crippen molar-refractivity contribution >= 4 is 17.5 Å². The molecule has 28 heavy (non-hydrogen) atoms. The first-order valence-corrected chi connectivity index (χ1v) is 10.4. The molecule has 3 heterocycles. The number of para-hydroxylation sites is 2. The first kappa shape index (κ1) is 19.2. The van der Waals surface area contributed by atoms with Crippen molar-refractivity contribution in [2.45, 2.75) is 25.8 Å². The van der Waals surface area contributed by atoms with Crippen LogP contribution in [0, 0.1) is 5.92 Å². The lowest BCUT2D eigenvalue weighted by molar-refractivity contribution is -0.135. The summed E-state index contributed by atoms with van der Waals surface area (Å²) < 4.78 is 5.67. The Morgan fingerprint density at radius 3 is 2.75 bits per heavy atom. The third-order valence-electron chi connectivity index (χ3n) is 6.07. The largest absolute Gasteiger partial charge is 0.492 e. The number of carbonyl (C=O) groups excluding carboxylic acids is 2. The van der Waals surface area contributed by atoms with E-state index in [0.29, 0.717) is 24.9 Å². The Balaban J connectivity index is 1.39. The van der Waals surface area contributed by atoms with Gasteiger partial charge in [0, 0.05) is 58.3 Å². The van der Waals surface area contributed by atoms with Gasteiger partial charge in [-0.15, -0.1) is 0 Å². The van der Waals surface area contributed by atoms with Crippen LogP contribution in [-0.4, -0.2) is 80.1 Å². The summed E-state index contributed by atoms with van der Waals surface area (Å²) in [6.07, 6.45) is 1.32. The number of hydrogen-bond acceptors (Lipinski definition) is 5. The molecule has 0 spiro atoms. The lowest BCUT2D eigenvalue weighted by Crippen LogP contribution is -2.49. The average Bonchev–Trinajstić information content (AvgIpc) is 3.36. The van der Waals surface area contributed by atoms with Crippen molar-refractivity contribution < 1.29 is 14.3 Å². The van der Waals surface area contributed by atoms with Crippen LogP contribution in [0.2, 0.25) is 0 Å². The van der Waals surface area contributed by atoms with E-state index in [4.69, 9.17) is 4.74 Å². The normalized spacial score (nSPS) is 26.1. The quantitative estimate of drug-likeness (QED) is 0.816. The Morgan fingerprint density at radius 2 is 1.96 bits per heavy atom. The fourth-order valence-electron chi connectivity index (χ4n) is 4.61. The maximum absolute atomic E-state index is 13.1. The van der Waals surface area contributed by atoms with E-state index in [1.165, 1.54) is 0 Å². The van der Waals surface area contributed by atoms with Crippen LogP contribution in [0.3, 0.4) is 0 Å². The van der Waals surface area contributed by atoms with Gasteiger partial charge >= 0.3 is 0 Å². The lowest BCUT2D eigenvalue weighted by Gasteiger charge is -2.32. The average molecular weight is 386 g/mol. The molecule has 2 unspecified atom stereocenters. The van der Waals surface area contributed by atoms with E-state index in [1.54, 1.807) is 4.90 Å². The van der Waals surface area contributed by atoms with E-state index in [-0.39, 0.29) is 24.2 Å². The molecule has 2 amide bonds. The standard InChI is InChI=1S/C21H30N4O3/c1-2-28-19-6-4-3-5-18(19)25-14-16(13-20(25)26)21(27)24-10-7-17(15-24)23-11-8-22-9-12-23/h3-6,16-17,22H,2,7-15H2,1H3. The van der Waals surface area contributed by atoms with Gasteiger partial charge in [0.2, 0.25) is 11.8 Å². The van der Waals surface area contributed by atoms with E-state index >= 15 is 0 Å². The molecule has 152 valence electrons. The molecule has 0 bridgehead atoms. The van der Waals surface area contributed by atoms with Gasteiger partial charge in [-0.05, 0) is 25.5 Å². The van der Waals surface area contributed by atoms with E-state index in [9.17, 15) is 9.59 Å². The van der Waals surface area contributed by atoms with Crippen LogP contribution >= 0.6 is 0 Å². The van der Waals surface area contributed by atoms with Crippen molar-refractivity contribution in [1.82, 2.24) is 15.1 Å². The Bertz CT molecular complexity index is 719. The molecule has 3 aliphatic heterocycles. The van der Waals surface area contributed by atoms with E-state index in [0.717, 1.165) is 51.4 Å². The Kier molecular flexibility index (Phi) is 5.82. The number of amides is 2. The summed E-state index contributed by atoms with van der Waals surface area (Å²) in [6, 6.07) is 8.03. The van der Waals surface area contributed by atoms with Crippen molar-refractivity contribution in [1.29, 1.82) is 0 Å². The van der Waals surface area contributed by atoms with Crippen LogP contribution in [0.5, 0.6) is 5.75 Å². The topological polar surface area (TPSA) is 65.1 Å². The first-order chi connectivity index (χ1) is 13.7. The van der Waals surface area contributed by atoms with Gasteiger partial charge in [-0.1, -0.05) is 12.1 Å². The molecule has 0 saturated carbocycles. The van der Waals surface area contributed by atoms with Gasteiger partial charge < -0.3 is 19.9 Å². The molecule has 0 aliphatic carbocycles. The van der Waals surface area contributed by atoms with Crippen LogP contribution in [-0.2, 0) is 9.59 Å². The number of hydrogen-bond donors (Lipinski definition) is 1. The SMILES string of the molecule is CCOc1ccccc1N1CC(C(=O)N2CCC(N3CCNCC3)C2)CC1=O. The molecule has 7 nitrogen and oxygen atoms in total. The fraction of sp³-hybridized carbons (Fsp3) is 0.619. The number of likely N-dealkylation sites (tertiary alicyclic amines) is 1. The number of carbonyl (C=O) groups is 2. The van der Waals surface area contributed by atoms with Crippen molar-refractivity contribution in [3.63, 3.8) is 0 Å². The van der Waals surface area contributed by atoms with Gasteiger partial charge in [-0.25, -0.2) is 0 Å². The molecule has 7 heteroatoms. The molecule has 3 fully saturated rings. The maximum atomic E-state index is 13.1. The van der Waals surface area contributed by atoms with Crippen LogP contribution in [0.4, 0.5) is 5.69 Å². The molecule has 0 aromatic heterocycles. The molecule has 1 aromatic carbocycles. The second-order valence-electron chi connectivity index (χ2n) is 7.82. The number of nitrogens with zero attached hydrogens (tertiary/aromatic N) is 3. The number of benzene rings is 1. The van der Waals surface area contributed by atoms with Gasteiger partial charge in [-0.2, -0.15) is 0 Å². The summed E-state index contributed by atoms with van der Waals surface area (Å²) in [5, 5.41) is 3.38. The molecule has 1 N–H and O–H groups in total. The van der Waals surface area contributed by atoms with Gasteiger partial charge in [-0.3, -0.25) is 14.5 Å². The number of ether oxygens (including phenoxy) is 1.